The number of esters is 2. The Morgan fingerprint density at radius 1 is 0.875 bits per heavy atom. The van der Waals surface area contributed by atoms with Crippen LogP contribution in [0.25, 0.3) is 34.4 Å². The third kappa shape index (κ3) is 8.17. The van der Waals surface area contributed by atoms with Crippen molar-refractivity contribution >= 4 is 70.4 Å². The van der Waals surface area contributed by atoms with E-state index >= 15 is 0 Å². The van der Waals surface area contributed by atoms with E-state index in [4.69, 9.17) is 30.1 Å². The summed E-state index contributed by atoms with van der Waals surface area (Å²) in [6, 6.07) is 0. The molecule has 2 aromatic heterocycles. The van der Waals surface area contributed by atoms with Crippen LogP contribution in [0.3, 0.4) is 0 Å². The van der Waals surface area contributed by atoms with Gasteiger partial charge in [-0.3, -0.25) is 19.2 Å². The summed E-state index contributed by atoms with van der Waals surface area (Å²) in [5, 5.41) is 10.2. The van der Waals surface area contributed by atoms with Gasteiger partial charge in [-0.15, -0.1) is 22.8 Å². The molecule has 56 heavy (non-hydrogen) atoms. The van der Waals surface area contributed by atoms with Gasteiger partial charge in [0.15, 0.2) is 11.6 Å². The number of methoxy groups -OCH3 is 1. The largest absolute Gasteiger partial charge is 2.00 e. The first-order chi connectivity index (χ1) is 26.2. The summed E-state index contributed by atoms with van der Waals surface area (Å²) in [4.78, 5) is 64.1. The van der Waals surface area contributed by atoms with E-state index in [1.165, 1.54) is 12.7 Å². The molecule has 0 radical (unpaired) electrons. The Labute approximate surface area is 347 Å². The van der Waals surface area contributed by atoms with Crippen molar-refractivity contribution < 1.29 is 28.7 Å². The summed E-state index contributed by atoms with van der Waals surface area (Å²) in [6.07, 6.45) is 12.3. The maximum absolute atomic E-state index is 14.3. The second kappa shape index (κ2) is 17.6. The predicted octanol–water partition coefficient (Wildman–Crippen LogP) is 9.26. The fourth-order valence-electron chi connectivity index (χ4n) is 8.68. The van der Waals surface area contributed by atoms with Crippen LogP contribution < -0.4 is 9.97 Å². The SMILES string of the molecule is CC[C@H]1/C2=C/c3[n-]c4c(c3C)C(=O)[C@H](C(=O)OC)/C4=C3/[N-]/C(=C\c4[n-]c(c(C(C)=O)c4C)/C=C(\[N-]2)[C@@H]1C)[C@@H](C)[C@@H]3CCC(=O)OC/C=C(/C)CCCC(C)C.[Mg+2]. The summed E-state index contributed by atoms with van der Waals surface area (Å²) in [7, 11) is 1.27. The molecular formula is C45H54MgN4O6-2. The van der Waals surface area contributed by atoms with E-state index in [1.54, 1.807) is 6.92 Å². The Kier molecular flexibility index (Phi) is 13.5. The molecule has 0 amide bonds. The number of rotatable bonds is 12. The minimum atomic E-state index is -1.24. The summed E-state index contributed by atoms with van der Waals surface area (Å²) < 4.78 is 10.9. The minimum absolute atomic E-state index is 0. The first-order valence-corrected chi connectivity index (χ1v) is 19.8. The zero-order valence-electron chi connectivity index (χ0n) is 34.7. The van der Waals surface area contributed by atoms with E-state index in [-0.39, 0.29) is 77.3 Å². The molecule has 0 saturated carbocycles. The number of allylic oxidation sites excluding steroid dienone is 5. The van der Waals surface area contributed by atoms with Crippen molar-refractivity contribution in [2.24, 2.45) is 35.5 Å². The number of fused-ring (bicyclic) bond motifs is 7. The van der Waals surface area contributed by atoms with Gasteiger partial charge in [-0.05, 0) is 82.6 Å². The first kappa shape index (κ1) is 43.0. The van der Waals surface area contributed by atoms with Crippen molar-refractivity contribution in [1.29, 1.82) is 0 Å². The van der Waals surface area contributed by atoms with Crippen LogP contribution in [-0.4, -0.2) is 60.3 Å². The van der Waals surface area contributed by atoms with E-state index in [1.807, 2.05) is 45.1 Å². The van der Waals surface area contributed by atoms with Gasteiger partial charge in [-0.25, -0.2) is 0 Å². The number of ketones is 2. The van der Waals surface area contributed by atoms with Gasteiger partial charge < -0.3 is 30.1 Å². The molecule has 0 unspecified atom stereocenters. The van der Waals surface area contributed by atoms with Crippen LogP contribution in [0.2, 0.25) is 0 Å². The van der Waals surface area contributed by atoms with E-state index in [9.17, 15) is 19.2 Å². The summed E-state index contributed by atoms with van der Waals surface area (Å²) in [5.74, 6) is -2.52. The molecule has 2 fully saturated rings. The Morgan fingerprint density at radius 2 is 1.52 bits per heavy atom. The van der Waals surface area contributed by atoms with Crippen molar-refractivity contribution in [3.05, 3.63) is 90.1 Å². The maximum Gasteiger partial charge on any atom is 2.00 e. The summed E-state index contributed by atoms with van der Waals surface area (Å²) >= 11 is 0. The quantitative estimate of drug-likeness (QED) is 0.0683. The number of carbonyl (C=O) groups is 4. The van der Waals surface area contributed by atoms with Crippen molar-refractivity contribution in [2.45, 2.75) is 101 Å². The maximum atomic E-state index is 14.3. The third-order valence-electron chi connectivity index (χ3n) is 12.0. The van der Waals surface area contributed by atoms with E-state index in [0.717, 1.165) is 42.6 Å². The average molecular weight is 771 g/mol. The van der Waals surface area contributed by atoms with Crippen LogP contribution >= 0.6 is 0 Å². The average Bonchev–Trinajstić information content (AvgIpc) is 3.87. The number of hydrogen-bond acceptors (Lipinski definition) is 6. The number of ether oxygens (including phenoxy) is 2. The van der Waals surface area contributed by atoms with Crippen LogP contribution in [-0.2, 0) is 19.1 Å². The molecule has 3 aliphatic heterocycles. The molecule has 11 heteroatoms. The number of aromatic nitrogens is 2. The fourth-order valence-corrected chi connectivity index (χ4v) is 8.68. The molecule has 10 nitrogen and oxygen atoms in total. The van der Waals surface area contributed by atoms with E-state index < -0.39 is 11.9 Å². The fraction of sp³-hybridized carbons (Fsp3) is 0.511. The summed E-state index contributed by atoms with van der Waals surface area (Å²) in [6.45, 7) is 18.3. The molecule has 1 aliphatic carbocycles. The van der Waals surface area contributed by atoms with E-state index in [0.29, 0.717) is 68.8 Å². The zero-order valence-corrected chi connectivity index (χ0v) is 36.1. The predicted molar refractivity (Wildman–Crippen MR) is 220 cm³/mol. The van der Waals surface area contributed by atoms with Crippen molar-refractivity contribution in [1.82, 2.24) is 9.97 Å². The van der Waals surface area contributed by atoms with Crippen LogP contribution in [0.15, 0.2) is 34.4 Å². The monoisotopic (exact) mass is 770 g/mol. The second-order valence-corrected chi connectivity index (χ2v) is 16.1. The molecule has 8 bridgehead atoms. The molecule has 5 heterocycles. The minimum Gasteiger partial charge on any atom is -0.664 e. The van der Waals surface area contributed by atoms with Gasteiger partial charge in [0.05, 0.1) is 7.11 Å². The zero-order chi connectivity index (χ0) is 39.9. The Hall–Kier alpha value is -4.09. The molecule has 6 rings (SSSR count). The van der Waals surface area contributed by atoms with Gasteiger partial charge in [-0.1, -0.05) is 88.0 Å². The van der Waals surface area contributed by atoms with Gasteiger partial charge in [0, 0.05) is 17.5 Å². The van der Waals surface area contributed by atoms with Gasteiger partial charge in [0.1, 0.15) is 12.5 Å². The molecule has 2 saturated heterocycles. The second-order valence-electron chi connectivity index (χ2n) is 16.1. The standard InChI is InChI=1S/C45H56N4O6.Mg/c1-11-29-24(5)31-21-36-38(28(9)50)26(7)33(47-36)19-32-25(6)30(15-16-37(51)55-18-17-23(4)14-12-13-22(2)3)42(48-32)40-41(45(53)54-10)44(52)39-27(8)34(49-43(39)40)20-35(29)46-31;/h17,19-22,24-25,29-30,41H,11-16,18H2,1-10H3,(H2-2,46,47,48,49,50,52);/q-2;+2/p-2/b23-17-,32-19-,35-20-;/t24-,25+,29-,30+,41-;/m1./s1. The molecule has 4 aliphatic rings. The van der Waals surface area contributed by atoms with E-state index in [2.05, 4.69) is 34.6 Å². The van der Waals surface area contributed by atoms with Crippen LogP contribution in [0, 0.1) is 49.4 Å². The number of carbonyl (C=O) groups excluding carboxylic acids is 4. The Bertz CT molecular complexity index is 2070. The van der Waals surface area contributed by atoms with Gasteiger partial charge in [0.25, 0.3) is 0 Å². The van der Waals surface area contributed by atoms with Crippen LogP contribution in [0.1, 0.15) is 142 Å². The van der Waals surface area contributed by atoms with Crippen LogP contribution in [0.5, 0.6) is 0 Å². The molecule has 0 spiro atoms. The summed E-state index contributed by atoms with van der Waals surface area (Å²) in [5.41, 5.74) is 9.04. The topological polar surface area (TPSA) is 143 Å². The molecular weight excluding hydrogens is 717 g/mol. The number of nitrogens with zero attached hydrogens (tertiary/aromatic N) is 4. The Balaban J connectivity index is 0.00000600. The number of hydrogen-bond donors (Lipinski definition) is 0. The van der Waals surface area contributed by atoms with Crippen molar-refractivity contribution in [2.75, 3.05) is 13.7 Å². The van der Waals surface area contributed by atoms with Crippen molar-refractivity contribution in [3.63, 3.8) is 0 Å². The Morgan fingerprint density at radius 3 is 2.18 bits per heavy atom. The third-order valence-corrected chi connectivity index (χ3v) is 12.0. The molecule has 2 aromatic rings. The molecule has 0 aromatic carbocycles. The number of Topliss-reactive ketones (excluding diaryl/α,β-unsaturated/α-hetero) is 2. The van der Waals surface area contributed by atoms with Gasteiger partial charge in [0.2, 0.25) is 0 Å². The van der Waals surface area contributed by atoms with Gasteiger partial charge in [-0.2, -0.15) is 22.8 Å². The van der Waals surface area contributed by atoms with Crippen LogP contribution in [0.4, 0.5) is 0 Å². The normalized spacial score (nSPS) is 26.7. The van der Waals surface area contributed by atoms with Crippen molar-refractivity contribution in [3.8, 4) is 0 Å². The van der Waals surface area contributed by atoms with Gasteiger partial charge >= 0.3 is 35.0 Å². The first-order valence-electron chi connectivity index (χ1n) is 19.8. The smallest absolute Gasteiger partial charge is 0.664 e. The molecule has 294 valence electrons. The molecule has 0 N–H and O–H groups in total. The molecule has 5 atom stereocenters.